The van der Waals surface area contributed by atoms with Crippen LogP contribution in [0.25, 0.3) is 0 Å². The van der Waals surface area contributed by atoms with E-state index in [0.717, 1.165) is 28.7 Å². The van der Waals surface area contributed by atoms with Crippen LogP contribution in [0.3, 0.4) is 0 Å². The van der Waals surface area contributed by atoms with Crippen molar-refractivity contribution in [3.63, 3.8) is 0 Å². The molecule has 0 bridgehead atoms. The van der Waals surface area contributed by atoms with Crippen molar-refractivity contribution in [3.8, 4) is 0 Å². The van der Waals surface area contributed by atoms with Crippen LogP contribution in [-0.4, -0.2) is 28.9 Å². The highest BCUT2D eigenvalue weighted by Crippen LogP contribution is 2.34. The monoisotopic (exact) mass is 299 g/mol. The maximum absolute atomic E-state index is 10.0. The Balaban J connectivity index is 2.34. The minimum absolute atomic E-state index is 0.497. The van der Waals surface area contributed by atoms with Crippen molar-refractivity contribution < 1.29 is 10.2 Å². The molecule has 1 aliphatic heterocycles. The van der Waals surface area contributed by atoms with Crippen LogP contribution in [0.15, 0.2) is 22.7 Å². The van der Waals surface area contributed by atoms with Gasteiger partial charge in [0.05, 0.1) is 11.7 Å². The highest BCUT2D eigenvalue weighted by molar-refractivity contribution is 9.10. The lowest BCUT2D eigenvalue weighted by Gasteiger charge is -2.24. The van der Waals surface area contributed by atoms with E-state index in [1.807, 2.05) is 25.1 Å². The molecule has 1 heterocycles. The standard InChI is InChI=1S/C13H18BrNO2/c1-9(16)11-4-3-10(14)7-12(11)15-6-5-13(2,17)8-15/h3-4,7,9,16-17H,5-6,8H2,1-2H3. The van der Waals surface area contributed by atoms with E-state index in [4.69, 9.17) is 0 Å². The number of benzene rings is 1. The van der Waals surface area contributed by atoms with Crippen LogP contribution < -0.4 is 4.90 Å². The molecule has 1 aromatic carbocycles. The van der Waals surface area contributed by atoms with Gasteiger partial charge in [-0.1, -0.05) is 22.0 Å². The van der Waals surface area contributed by atoms with Gasteiger partial charge in [0.2, 0.25) is 0 Å². The molecule has 0 aromatic heterocycles. The Morgan fingerprint density at radius 3 is 2.71 bits per heavy atom. The number of aliphatic hydroxyl groups excluding tert-OH is 1. The SMILES string of the molecule is CC(O)c1ccc(Br)cc1N1CCC(C)(O)C1. The summed E-state index contributed by atoms with van der Waals surface area (Å²) in [7, 11) is 0. The van der Waals surface area contributed by atoms with Crippen LogP contribution in [0.1, 0.15) is 31.9 Å². The fourth-order valence-electron chi connectivity index (χ4n) is 2.29. The molecule has 1 aromatic rings. The third-order valence-corrected chi connectivity index (χ3v) is 3.73. The second-order valence-electron chi connectivity index (χ2n) is 5.05. The number of halogens is 1. The second kappa shape index (κ2) is 4.59. The second-order valence-corrected chi connectivity index (χ2v) is 5.96. The van der Waals surface area contributed by atoms with Crippen LogP contribution in [0.5, 0.6) is 0 Å². The molecule has 4 heteroatoms. The van der Waals surface area contributed by atoms with Crippen LogP contribution >= 0.6 is 15.9 Å². The largest absolute Gasteiger partial charge is 0.389 e. The molecule has 1 fully saturated rings. The van der Waals surface area contributed by atoms with Crippen molar-refractivity contribution in [2.45, 2.75) is 32.0 Å². The molecule has 0 spiro atoms. The molecule has 2 N–H and O–H groups in total. The number of hydrogen-bond donors (Lipinski definition) is 2. The molecule has 1 saturated heterocycles. The van der Waals surface area contributed by atoms with Gasteiger partial charge in [-0.3, -0.25) is 0 Å². The normalized spacial score (nSPS) is 26.3. The first-order valence-corrected chi connectivity index (χ1v) is 6.63. The summed E-state index contributed by atoms with van der Waals surface area (Å²) in [5.74, 6) is 0. The Labute approximate surface area is 110 Å². The van der Waals surface area contributed by atoms with Gasteiger partial charge in [0.15, 0.2) is 0 Å². The number of hydrogen-bond acceptors (Lipinski definition) is 3. The van der Waals surface area contributed by atoms with Crippen LogP contribution in [-0.2, 0) is 0 Å². The van der Waals surface area contributed by atoms with Gasteiger partial charge in [0.1, 0.15) is 0 Å². The summed E-state index contributed by atoms with van der Waals surface area (Å²) in [6, 6.07) is 5.86. The van der Waals surface area contributed by atoms with E-state index in [1.165, 1.54) is 0 Å². The molecule has 2 rings (SSSR count). The molecule has 94 valence electrons. The maximum Gasteiger partial charge on any atom is 0.0810 e. The van der Waals surface area contributed by atoms with E-state index in [9.17, 15) is 10.2 Å². The lowest BCUT2D eigenvalue weighted by atomic mass is 10.1. The number of aliphatic hydroxyl groups is 2. The Kier molecular flexibility index (Phi) is 3.48. The zero-order valence-corrected chi connectivity index (χ0v) is 11.7. The van der Waals surface area contributed by atoms with Gasteiger partial charge in [-0.15, -0.1) is 0 Å². The molecule has 3 nitrogen and oxygen atoms in total. The molecule has 0 amide bonds. The first-order valence-electron chi connectivity index (χ1n) is 5.84. The predicted octanol–water partition coefficient (Wildman–Crippen LogP) is 2.46. The minimum Gasteiger partial charge on any atom is -0.389 e. The topological polar surface area (TPSA) is 43.7 Å². The number of β-amino-alcohol motifs (C(OH)–C–C–N with tert-alkyl or cyclic N) is 1. The fourth-order valence-corrected chi connectivity index (χ4v) is 2.64. The summed E-state index contributed by atoms with van der Waals surface area (Å²) in [6.45, 7) is 5.06. The van der Waals surface area contributed by atoms with Gasteiger partial charge < -0.3 is 15.1 Å². The minimum atomic E-state index is -0.627. The van der Waals surface area contributed by atoms with Gasteiger partial charge in [-0.05, 0) is 32.4 Å². The van der Waals surface area contributed by atoms with Crippen molar-refractivity contribution in [2.24, 2.45) is 0 Å². The Bertz CT molecular complexity index is 418. The quantitative estimate of drug-likeness (QED) is 0.882. The summed E-state index contributed by atoms with van der Waals surface area (Å²) >= 11 is 3.45. The number of anilines is 1. The van der Waals surface area contributed by atoms with Crippen LogP contribution in [0, 0.1) is 0 Å². The number of nitrogens with zero attached hydrogens (tertiary/aromatic N) is 1. The molecule has 17 heavy (non-hydrogen) atoms. The zero-order valence-electron chi connectivity index (χ0n) is 10.2. The third kappa shape index (κ3) is 2.81. The third-order valence-electron chi connectivity index (χ3n) is 3.24. The van der Waals surface area contributed by atoms with Gasteiger partial charge in [0, 0.05) is 28.8 Å². The highest BCUT2D eigenvalue weighted by Gasteiger charge is 2.32. The van der Waals surface area contributed by atoms with Crippen LogP contribution in [0.4, 0.5) is 5.69 Å². The van der Waals surface area contributed by atoms with Gasteiger partial charge in [-0.25, -0.2) is 0 Å². The lowest BCUT2D eigenvalue weighted by molar-refractivity contribution is 0.0839. The van der Waals surface area contributed by atoms with E-state index < -0.39 is 11.7 Å². The van der Waals surface area contributed by atoms with E-state index in [-0.39, 0.29) is 0 Å². The van der Waals surface area contributed by atoms with E-state index in [2.05, 4.69) is 20.8 Å². The Morgan fingerprint density at radius 2 is 2.18 bits per heavy atom. The van der Waals surface area contributed by atoms with Crippen molar-refractivity contribution >= 4 is 21.6 Å². The van der Waals surface area contributed by atoms with Crippen LogP contribution in [0.2, 0.25) is 0 Å². The summed E-state index contributed by atoms with van der Waals surface area (Å²) in [6.07, 6.45) is 0.266. The molecule has 0 saturated carbocycles. The maximum atomic E-state index is 10.0. The Morgan fingerprint density at radius 1 is 1.47 bits per heavy atom. The summed E-state index contributed by atoms with van der Waals surface area (Å²) in [4.78, 5) is 2.13. The van der Waals surface area contributed by atoms with Gasteiger partial charge in [0.25, 0.3) is 0 Å². The molecule has 2 unspecified atom stereocenters. The zero-order chi connectivity index (χ0) is 12.6. The van der Waals surface area contributed by atoms with Crippen molar-refractivity contribution in [3.05, 3.63) is 28.2 Å². The highest BCUT2D eigenvalue weighted by atomic mass is 79.9. The van der Waals surface area contributed by atoms with Gasteiger partial charge in [-0.2, -0.15) is 0 Å². The number of rotatable bonds is 2. The summed E-state index contributed by atoms with van der Waals surface area (Å²) in [5.41, 5.74) is 1.29. The first-order chi connectivity index (χ1) is 7.89. The average Bonchev–Trinajstić information content (AvgIpc) is 2.58. The summed E-state index contributed by atoms with van der Waals surface area (Å²) in [5, 5.41) is 19.8. The van der Waals surface area contributed by atoms with E-state index in [1.54, 1.807) is 6.92 Å². The first kappa shape index (κ1) is 12.9. The van der Waals surface area contributed by atoms with Crippen molar-refractivity contribution in [1.82, 2.24) is 0 Å². The van der Waals surface area contributed by atoms with Gasteiger partial charge >= 0.3 is 0 Å². The Hall–Kier alpha value is -0.580. The van der Waals surface area contributed by atoms with Crippen molar-refractivity contribution in [1.29, 1.82) is 0 Å². The molecule has 0 aliphatic carbocycles. The molecular formula is C13H18BrNO2. The van der Waals surface area contributed by atoms with E-state index in [0.29, 0.717) is 6.54 Å². The van der Waals surface area contributed by atoms with E-state index >= 15 is 0 Å². The lowest BCUT2D eigenvalue weighted by Crippen LogP contribution is -2.30. The average molecular weight is 300 g/mol. The predicted molar refractivity (Wildman–Crippen MR) is 72.2 cm³/mol. The van der Waals surface area contributed by atoms with Crippen molar-refractivity contribution in [2.75, 3.05) is 18.0 Å². The fraction of sp³-hybridized carbons (Fsp3) is 0.538. The molecule has 1 aliphatic rings. The molecule has 0 radical (unpaired) electrons. The molecule has 2 atom stereocenters. The summed E-state index contributed by atoms with van der Waals surface area (Å²) < 4.78 is 0.989. The molecular weight excluding hydrogens is 282 g/mol. The smallest absolute Gasteiger partial charge is 0.0810 e.